The highest BCUT2D eigenvalue weighted by Crippen LogP contribution is 2.21. The van der Waals surface area contributed by atoms with Crippen LogP contribution in [0.2, 0.25) is 0 Å². The molecule has 1 aromatic heterocycles. The summed E-state index contributed by atoms with van der Waals surface area (Å²) in [6.45, 7) is 2.85. The van der Waals surface area contributed by atoms with Crippen LogP contribution < -0.4 is 5.32 Å². The SMILES string of the molecule is Cc1ccc(NCCC(O)c2cccs2)cc1. The smallest absolute Gasteiger partial charge is 0.0898 e. The zero-order chi connectivity index (χ0) is 12.1. The van der Waals surface area contributed by atoms with Gasteiger partial charge in [0.1, 0.15) is 0 Å². The molecule has 0 aliphatic carbocycles. The van der Waals surface area contributed by atoms with Crippen LogP contribution in [0.25, 0.3) is 0 Å². The van der Waals surface area contributed by atoms with Gasteiger partial charge in [0.25, 0.3) is 0 Å². The molecule has 90 valence electrons. The molecule has 0 aliphatic heterocycles. The highest BCUT2D eigenvalue weighted by atomic mass is 32.1. The second kappa shape index (κ2) is 5.84. The van der Waals surface area contributed by atoms with Crippen molar-refractivity contribution in [1.82, 2.24) is 0 Å². The van der Waals surface area contributed by atoms with Crippen LogP contribution in [0.1, 0.15) is 23.0 Å². The predicted molar refractivity (Wildman–Crippen MR) is 73.6 cm³/mol. The lowest BCUT2D eigenvalue weighted by Gasteiger charge is -2.10. The number of hydrogen-bond donors (Lipinski definition) is 2. The summed E-state index contributed by atoms with van der Waals surface area (Å²) in [6, 6.07) is 12.2. The molecule has 3 heteroatoms. The van der Waals surface area contributed by atoms with E-state index in [1.54, 1.807) is 11.3 Å². The van der Waals surface area contributed by atoms with Crippen molar-refractivity contribution in [2.75, 3.05) is 11.9 Å². The molecule has 0 amide bonds. The van der Waals surface area contributed by atoms with Crippen molar-refractivity contribution in [2.24, 2.45) is 0 Å². The van der Waals surface area contributed by atoms with Gasteiger partial charge in [0.15, 0.2) is 0 Å². The van der Waals surface area contributed by atoms with E-state index in [9.17, 15) is 5.11 Å². The summed E-state index contributed by atoms with van der Waals surface area (Å²) in [6.07, 6.45) is 0.377. The monoisotopic (exact) mass is 247 g/mol. The number of benzene rings is 1. The van der Waals surface area contributed by atoms with Gasteiger partial charge in [-0.3, -0.25) is 0 Å². The maximum atomic E-state index is 9.90. The number of aryl methyl sites for hydroxylation is 1. The molecule has 0 fully saturated rings. The van der Waals surface area contributed by atoms with E-state index in [1.807, 2.05) is 17.5 Å². The van der Waals surface area contributed by atoms with E-state index in [0.29, 0.717) is 0 Å². The fourth-order valence-electron chi connectivity index (χ4n) is 1.65. The maximum absolute atomic E-state index is 9.90. The van der Waals surface area contributed by atoms with Crippen molar-refractivity contribution in [3.05, 3.63) is 52.2 Å². The second-order valence-corrected chi connectivity index (χ2v) is 5.09. The molecule has 2 N–H and O–H groups in total. The Kier molecular flexibility index (Phi) is 4.18. The molecule has 0 saturated carbocycles. The number of thiophene rings is 1. The first kappa shape index (κ1) is 12.1. The summed E-state index contributed by atoms with van der Waals surface area (Å²) < 4.78 is 0. The minimum atomic E-state index is -0.354. The van der Waals surface area contributed by atoms with E-state index in [2.05, 4.69) is 36.5 Å². The van der Waals surface area contributed by atoms with Crippen LogP contribution in [-0.2, 0) is 0 Å². The standard InChI is InChI=1S/C14H17NOS/c1-11-4-6-12(7-5-11)15-9-8-13(16)14-3-2-10-17-14/h2-7,10,13,15-16H,8-9H2,1H3. The maximum Gasteiger partial charge on any atom is 0.0898 e. The molecule has 0 saturated heterocycles. The summed E-state index contributed by atoms with van der Waals surface area (Å²) in [4.78, 5) is 1.04. The lowest BCUT2D eigenvalue weighted by atomic mass is 10.2. The van der Waals surface area contributed by atoms with Gasteiger partial charge in [0.2, 0.25) is 0 Å². The highest BCUT2D eigenvalue weighted by Gasteiger charge is 2.07. The van der Waals surface area contributed by atoms with Gasteiger partial charge >= 0.3 is 0 Å². The van der Waals surface area contributed by atoms with Gasteiger partial charge < -0.3 is 10.4 Å². The summed E-state index contributed by atoms with van der Waals surface area (Å²) in [5.74, 6) is 0. The Morgan fingerprint density at radius 3 is 2.65 bits per heavy atom. The Morgan fingerprint density at radius 1 is 1.24 bits per heavy atom. The van der Waals surface area contributed by atoms with E-state index in [0.717, 1.165) is 23.5 Å². The topological polar surface area (TPSA) is 32.3 Å². The molecule has 1 heterocycles. The molecule has 17 heavy (non-hydrogen) atoms. The van der Waals surface area contributed by atoms with E-state index in [-0.39, 0.29) is 6.10 Å². The van der Waals surface area contributed by atoms with Gasteiger partial charge in [-0.1, -0.05) is 23.8 Å². The van der Waals surface area contributed by atoms with E-state index in [1.165, 1.54) is 5.56 Å². The average molecular weight is 247 g/mol. The van der Waals surface area contributed by atoms with E-state index >= 15 is 0 Å². The number of nitrogens with one attached hydrogen (secondary N) is 1. The number of hydrogen-bond acceptors (Lipinski definition) is 3. The van der Waals surface area contributed by atoms with E-state index < -0.39 is 0 Å². The normalized spacial score (nSPS) is 12.4. The zero-order valence-electron chi connectivity index (χ0n) is 9.89. The van der Waals surface area contributed by atoms with Crippen LogP contribution in [0.5, 0.6) is 0 Å². The summed E-state index contributed by atoms with van der Waals surface area (Å²) >= 11 is 1.60. The molecule has 0 radical (unpaired) electrons. The van der Waals surface area contributed by atoms with Crippen LogP contribution in [0.3, 0.4) is 0 Å². The quantitative estimate of drug-likeness (QED) is 0.846. The molecule has 2 aromatic rings. The van der Waals surface area contributed by atoms with Gasteiger partial charge in [0.05, 0.1) is 6.10 Å². The van der Waals surface area contributed by atoms with Crippen molar-refractivity contribution in [2.45, 2.75) is 19.4 Å². The molecule has 2 rings (SSSR count). The number of rotatable bonds is 5. The largest absolute Gasteiger partial charge is 0.388 e. The fourth-order valence-corrected chi connectivity index (χ4v) is 2.39. The summed E-state index contributed by atoms with van der Waals surface area (Å²) in [5, 5.41) is 15.2. The molecular weight excluding hydrogens is 230 g/mol. The Bertz CT molecular complexity index is 436. The van der Waals surface area contributed by atoms with Crippen molar-refractivity contribution >= 4 is 17.0 Å². The first-order chi connectivity index (χ1) is 8.25. The second-order valence-electron chi connectivity index (χ2n) is 4.11. The Hall–Kier alpha value is -1.32. The highest BCUT2D eigenvalue weighted by molar-refractivity contribution is 7.10. The van der Waals surface area contributed by atoms with Crippen LogP contribution in [-0.4, -0.2) is 11.7 Å². The average Bonchev–Trinajstić information content (AvgIpc) is 2.85. The minimum absolute atomic E-state index is 0.354. The van der Waals surface area contributed by atoms with E-state index in [4.69, 9.17) is 0 Å². The summed E-state index contributed by atoms with van der Waals surface area (Å²) in [7, 11) is 0. The molecule has 0 bridgehead atoms. The third-order valence-electron chi connectivity index (χ3n) is 2.67. The molecular formula is C14H17NOS. The number of aliphatic hydroxyl groups excluding tert-OH is 1. The van der Waals surface area contributed by atoms with Crippen molar-refractivity contribution < 1.29 is 5.11 Å². The fraction of sp³-hybridized carbons (Fsp3) is 0.286. The molecule has 1 aromatic carbocycles. The minimum Gasteiger partial charge on any atom is -0.388 e. The number of anilines is 1. The van der Waals surface area contributed by atoms with Gasteiger partial charge in [-0.2, -0.15) is 0 Å². The van der Waals surface area contributed by atoms with Crippen molar-refractivity contribution in [1.29, 1.82) is 0 Å². The first-order valence-corrected chi connectivity index (χ1v) is 6.65. The van der Waals surface area contributed by atoms with Gasteiger partial charge in [-0.25, -0.2) is 0 Å². The third kappa shape index (κ3) is 3.58. The number of aliphatic hydroxyl groups is 1. The van der Waals surface area contributed by atoms with Crippen molar-refractivity contribution in [3.63, 3.8) is 0 Å². The molecule has 1 atom stereocenters. The first-order valence-electron chi connectivity index (χ1n) is 5.78. The Balaban J connectivity index is 1.78. The molecule has 1 unspecified atom stereocenters. The lowest BCUT2D eigenvalue weighted by molar-refractivity contribution is 0.175. The molecule has 0 aliphatic rings. The molecule has 0 spiro atoms. The third-order valence-corrected chi connectivity index (χ3v) is 3.64. The lowest BCUT2D eigenvalue weighted by Crippen LogP contribution is -2.06. The van der Waals surface area contributed by atoms with Crippen LogP contribution in [0, 0.1) is 6.92 Å². The van der Waals surface area contributed by atoms with Crippen molar-refractivity contribution in [3.8, 4) is 0 Å². The predicted octanol–water partition coefficient (Wildman–Crippen LogP) is 3.59. The van der Waals surface area contributed by atoms with Gasteiger partial charge in [-0.05, 0) is 36.9 Å². The van der Waals surface area contributed by atoms with Crippen LogP contribution in [0.15, 0.2) is 41.8 Å². The zero-order valence-corrected chi connectivity index (χ0v) is 10.7. The van der Waals surface area contributed by atoms with Crippen LogP contribution in [0.4, 0.5) is 5.69 Å². The Morgan fingerprint density at radius 2 is 2.00 bits per heavy atom. The van der Waals surface area contributed by atoms with Gasteiger partial charge in [-0.15, -0.1) is 11.3 Å². The van der Waals surface area contributed by atoms with Gasteiger partial charge in [0, 0.05) is 17.1 Å². The van der Waals surface area contributed by atoms with Crippen LogP contribution >= 0.6 is 11.3 Å². The molecule has 2 nitrogen and oxygen atoms in total. The Labute approximate surface area is 106 Å². The summed E-state index contributed by atoms with van der Waals surface area (Å²) in [5.41, 5.74) is 2.36.